The lowest BCUT2D eigenvalue weighted by Crippen LogP contribution is -2.48. The van der Waals surface area contributed by atoms with Gasteiger partial charge in [0.1, 0.15) is 17.3 Å². The van der Waals surface area contributed by atoms with Gasteiger partial charge in [-0.3, -0.25) is 0 Å². The topological polar surface area (TPSA) is 93.7 Å². The van der Waals surface area contributed by atoms with Crippen LogP contribution in [0.2, 0.25) is 0 Å². The predicted molar refractivity (Wildman–Crippen MR) is 85.7 cm³/mol. The second-order valence-corrected chi connectivity index (χ2v) is 7.04. The van der Waals surface area contributed by atoms with Gasteiger partial charge in [-0.1, -0.05) is 0 Å². The Bertz CT molecular complexity index is 849. The quantitative estimate of drug-likeness (QED) is 0.754. The highest BCUT2D eigenvalue weighted by molar-refractivity contribution is 7.89. The van der Waals surface area contributed by atoms with Crippen molar-refractivity contribution in [2.24, 2.45) is 5.92 Å². The fourth-order valence-electron chi connectivity index (χ4n) is 2.01. The largest absolute Gasteiger partial charge is 0.457 e. The summed E-state index contributed by atoms with van der Waals surface area (Å²) >= 11 is 0. The van der Waals surface area contributed by atoms with Gasteiger partial charge in [-0.25, -0.2) is 17.6 Å². The Morgan fingerprint density at radius 3 is 2.12 bits per heavy atom. The third kappa shape index (κ3) is 4.32. The van der Waals surface area contributed by atoms with Gasteiger partial charge in [-0.05, 0) is 53.4 Å². The molecule has 1 saturated heterocycles. The van der Waals surface area contributed by atoms with Gasteiger partial charge in [-0.2, -0.15) is 0 Å². The van der Waals surface area contributed by atoms with Crippen LogP contribution < -0.4 is 14.9 Å². The van der Waals surface area contributed by atoms with Crippen LogP contribution in [0.3, 0.4) is 0 Å². The van der Waals surface area contributed by atoms with E-state index in [1.54, 1.807) is 0 Å². The Kier molecular flexibility index (Phi) is 4.98. The SMILES string of the molecule is O=C(ONS(=O)(=O)c1ccc(Oc2ccc(F)cc2)cc1)C1CNC1. The number of hydrogen-bond acceptors (Lipinski definition) is 6. The molecular weight excluding hydrogens is 351 g/mol. The maximum absolute atomic E-state index is 12.8. The number of hydrogen-bond donors (Lipinski definition) is 2. The van der Waals surface area contributed by atoms with E-state index in [1.807, 2.05) is 4.89 Å². The van der Waals surface area contributed by atoms with E-state index in [0.717, 1.165) is 0 Å². The van der Waals surface area contributed by atoms with Crippen molar-refractivity contribution < 1.29 is 27.2 Å². The van der Waals surface area contributed by atoms with E-state index in [0.29, 0.717) is 24.6 Å². The third-order valence-corrected chi connectivity index (χ3v) is 4.75. The second-order valence-electron chi connectivity index (χ2n) is 5.39. The minimum absolute atomic E-state index is 0.0847. The Morgan fingerprint density at radius 1 is 1.04 bits per heavy atom. The van der Waals surface area contributed by atoms with Crippen molar-refractivity contribution in [2.75, 3.05) is 13.1 Å². The number of carbonyl (C=O) groups excluding carboxylic acids is 1. The van der Waals surface area contributed by atoms with E-state index in [-0.39, 0.29) is 16.6 Å². The average molecular weight is 366 g/mol. The van der Waals surface area contributed by atoms with Gasteiger partial charge in [0.25, 0.3) is 10.0 Å². The summed E-state index contributed by atoms with van der Waals surface area (Å²) in [6, 6.07) is 10.9. The lowest BCUT2D eigenvalue weighted by atomic mass is 10.1. The number of nitrogens with one attached hydrogen (secondary N) is 2. The Morgan fingerprint density at radius 2 is 1.60 bits per heavy atom. The van der Waals surface area contributed by atoms with E-state index < -0.39 is 16.0 Å². The molecule has 0 aliphatic carbocycles. The molecule has 7 nitrogen and oxygen atoms in total. The van der Waals surface area contributed by atoms with Crippen molar-refractivity contribution in [2.45, 2.75) is 4.90 Å². The van der Waals surface area contributed by atoms with Gasteiger partial charge < -0.3 is 14.9 Å². The summed E-state index contributed by atoms with van der Waals surface area (Å²) in [4.78, 5) is 17.9. The van der Waals surface area contributed by atoms with E-state index in [9.17, 15) is 17.6 Å². The zero-order valence-corrected chi connectivity index (χ0v) is 13.8. The molecule has 25 heavy (non-hydrogen) atoms. The van der Waals surface area contributed by atoms with E-state index in [4.69, 9.17) is 4.74 Å². The zero-order valence-electron chi connectivity index (χ0n) is 12.9. The van der Waals surface area contributed by atoms with Crippen LogP contribution in [0.15, 0.2) is 53.4 Å². The van der Waals surface area contributed by atoms with Crippen molar-refractivity contribution >= 4 is 16.0 Å². The van der Waals surface area contributed by atoms with Gasteiger partial charge >= 0.3 is 5.97 Å². The molecule has 0 radical (unpaired) electrons. The molecule has 9 heteroatoms. The Hall–Kier alpha value is -2.49. The van der Waals surface area contributed by atoms with Crippen LogP contribution in [0, 0.1) is 11.7 Å². The molecule has 2 aromatic carbocycles. The van der Waals surface area contributed by atoms with Crippen LogP contribution in [0.4, 0.5) is 4.39 Å². The second kappa shape index (κ2) is 7.18. The number of ether oxygens (including phenoxy) is 1. The van der Waals surface area contributed by atoms with E-state index >= 15 is 0 Å². The van der Waals surface area contributed by atoms with Crippen molar-refractivity contribution in [1.29, 1.82) is 0 Å². The monoisotopic (exact) mass is 366 g/mol. The normalized spacial score (nSPS) is 14.6. The van der Waals surface area contributed by atoms with E-state index in [1.165, 1.54) is 48.5 Å². The van der Waals surface area contributed by atoms with Crippen LogP contribution in [0.25, 0.3) is 0 Å². The molecule has 0 spiro atoms. The van der Waals surface area contributed by atoms with Crippen molar-refractivity contribution in [1.82, 2.24) is 10.2 Å². The molecule has 0 bridgehead atoms. The fourth-order valence-corrected chi connectivity index (χ4v) is 2.79. The summed E-state index contributed by atoms with van der Waals surface area (Å²) < 4.78 is 42.5. The first-order valence-electron chi connectivity index (χ1n) is 7.41. The predicted octanol–water partition coefficient (Wildman–Crippen LogP) is 1.57. The van der Waals surface area contributed by atoms with Gasteiger partial charge in [0.15, 0.2) is 0 Å². The summed E-state index contributed by atoms with van der Waals surface area (Å²) in [6.07, 6.45) is 0. The zero-order chi connectivity index (χ0) is 17.9. The first-order chi connectivity index (χ1) is 11.9. The van der Waals surface area contributed by atoms with Gasteiger partial charge in [0.2, 0.25) is 0 Å². The highest BCUT2D eigenvalue weighted by atomic mass is 32.2. The van der Waals surface area contributed by atoms with Crippen LogP contribution in [0.1, 0.15) is 0 Å². The van der Waals surface area contributed by atoms with Crippen molar-refractivity contribution in [3.8, 4) is 11.5 Å². The third-order valence-electron chi connectivity index (χ3n) is 3.55. The van der Waals surface area contributed by atoms with Crippen LogP contribution in [-0.2, 0) is 19.7 Å². The van der Waals surface area contributed by atoms with Crippen molar-refractivity contribution in [3.05, 3.63) is 54.3 Å². The van der Waals surface area contributed by atoms with Gasteiger partial charge in [0, 0.05) is 13.1 Å². The molecule has 1 fully saturated rings. The van der Waals surface area contributed by atoms with Crippen molar-refractivity contribution in [3.63, 3.8) is 0 Å². The molecule has 2 N–H and O–H groups in total. The number of carbonyl (C=O) groups is 1. The summed E-state index contributed by atoms with van der Waals surface area (Å²) in [5, 5.41) is 2.89. The number of rotatable bonds is 6. The Labute approximate surface area is 143 Å². The molecule has 0 amide bonds. The van der Waals surface area contributed by atoms with Crippen LogP contribution in [-0.4, -0.2) is 27.5 Å². The molecule has 1 heterocycles. The first kappa shape index (κ1) is 17.3. The highest BCUT2D eigenvalue weighted by Crippen LogP contribution is 2.23. The fraction of sp³-hybridized carbons (Fsp3) is 0.188. The van der Waals surface area contributed by atoms with Gasteiger partial charge in [0.05, 0.1) is 10.8 Å². The summed E-state index contributed by atoms with van der Waals surface area (Å²) in [5.74, 6) is -0.555. The molecule has 0 saturated carbocycles. The smallest absolute Gasteiger partial charge is 0.331 e. The molecule has 1 aliphatic heterocycles. The molecular formula is C16H15FN2O5S. The lowest BCUT2D eigenvalue weighted by Gasteiger charge is -2.24. The molecule has 1 aliphatic rings. The molecule has 132 valence electrons. The molecule has 0 aromatic heterocycles. The summed E-state index contributed by atoms with van der Waals surface area (Å²) in [5.41, 5.74) is 0. The lowest BCUT2D eigenvalue weighted by molar-refractivity contribution is -0.153. The minimum Gasteiger partial charge on any atom is -0.457 e. The number of halogens is 1. The van der Waals surface area contributed by atoms with Crippen LogP contribution >= 0.6 is 0 Å². The minimum atomic E-state index is -3.99. The maximum atomic E-state index is 12.8. The Balaban J connectivity index is 1.62. The number of benzene rings is 2. The highest BCUT2D eigenvalue weighted by Gasteiger charge is 2.28. The van der Waals surface area contributed by atoms with E-state index in [2.05, 4.69) is 10.2 Å². The first-order valence-corrected chi connectivity index (χ1v) is 8.89. The number of sulfonamides is 1. The standard InChI is InChI=1S/C16H15FN2O5S/c17-12-1-3-13(4-2-12)23-14-5-7-15(8-6-14)25(21,22)19-24-16(20)11-9-18-10-11/h1-8,11,18-19H,9-10H2. The summed E-state index contributed by atoms with van der Waals surface area (Å²) in [7, 11) is -3.99. The molecule has 3 rings (SSSR count). The molecule has 0 unspecified atom stereocenters. The van der Waals surface area contributed by atoms with Gasteiger partial charge in [-0.15, -0.1) is 0 Å². The van der Waals surface area contributed by atoms with Crippen LogP contribution in [0.5, 0.6) is 11.5 Å². The average Bonchev–Trinajstić information content (AvgIpc) is 2.54. The summed E-state index contributed by atoms with van der Waals surface area (Å²) in [6.45, 7) is 0.936. The molecule has 0 atom stereocenters. The molecule has 2 aromatic rings. The maximum Gasteiger partial charge on any atom is 0.331 e.